The van der Waals surface area contributed by atoms with Crippen molar-refractivity contribution in [2.75, 3.05) is 25.5 Å². The highest BCUT2D eigenvalue weighted by molar-refractivity contribution is 7.99. The Kier molecular flexibility index (Phi) is 7.33. The van der Waals surface area contributed by atoms with Gasteiger partial charge in [0.2, 0.25) is 0 Å². The van der Waals surface area contributed by atoms with E-state index >= 15 is 0 Å². The van der Waals surface area contributed by atoms with Gasteiger partial charge in [-0.05, 0) is 38.1 Å². The van der Waals surface area contributed by atoms with Crippen molar-refractivity contribution in [1.29, 1.82) is 0 Å². The number of thioether (sulfide) groups is 1. The molecule has 1 unspecified atom stereocenters. The van der Waals surface area contributed by atoms with E-state index in [1.54, 1.807) is 0 Å². The summed E-state index contributed by atoms with van der Waals surface area (Å²) in [4.78, 5) is 1.33. The number of rotatable bonds is 8. The first-order valence-electron chi connectivity index (χ1n) is 6.31. The Morgan fingerprint density at radius 1 is 1.35 bits per heavy atom. The summed E-state index contributed by atoms with van der Waals surface area (Å²) in [6, 6.07) is 9.17. The number of ether oxygens (including phenoxy) is 1. The quantitative estimate of drug-likeness (QED) is 0.566. The first-order chi connectivity index (χ1) is 8.27. The van der Waals surface area contributed by atoms with Crippen LogP contribution < -0.4 is 5.32 Å². The Labute approximate surface area is 109 Å². The van der Waals surface area contributed by atoms with Gasteiger partial charge in [-0.3, -0.25) is 0 Å². The zero-order valence-electron chi connectivity index (χ0n) is 11.0. The van der Waals surface area contributed by atoms with E-state index in [4.69, 9.17) is 4.74 Å². The third kappa shape index (κ3) is 5.57. The first kappa shape index (κ1) is 14.6. The Morgan fingerprint density at radius 3 is 2.88 bits per heavy atom. The number of hydrogen-bond acceptors (Lipinski definition) is 3. The van der Waals surface area contributed by atoms with Gasteiger partial charge in [0.25, 0.3) is 0 Å². The van der Waals surface area contributed by atoms with Crippen LogP contribution in [0.25, 0.3) is 0 Å². The Bertz CT molecular complexity index is 317. The molecule has 1 rings (SSSR count). The monoisotopic (exact) mass is 253 g/mol. The van der Waals surface area contributed by atoms with E-state index in [2.05, 4.69) is 43.4 Å². The molecule has 0 aromatic heterocycles. The molecule has 0 bridgehead atoms. The van der Waals surface area contributed by atoms with Gasteiger partial charge < -0.3 is 10.1 Å². The predicted octanol–water partition coefficient (Wildman–Crippen LogP) is 3.49. The lowest BCUT2D eigenvalue weighted by molar-refractivity contribution is 0.164. The molecule has 1 N–H and O–H groups in total. The van der Waals surface area contributed by atoms with E-state index in [1.807, 2.05) is 18.7 Å². The molecule has 0 amide bonds. The van der Waals surface area contributed by atoms with Crippen molar-refractivity contribution in [1.82, 2.24) is 5.32 Å². The smallest absolute Gasteiger partial charge is 0.0560 e. The second kappa shape index (κ2) is 8.56. The van der Waals surface area contributed by atoms with Gasteiger partial charge in [0.15, 0.2) is 0 Å². The molecule has 0 heterocycles. The largest absolute Gasteiger partial charge is 0.381 e. The lowest BCUT2D eigenvalue weighted by Crippen LogP contribution is -2.17. The first-order valence-corrected chi connectivity index (χ1v) is 7.30. The van der Waals surface area contributed by atoms with Crippen LogP contribution in [0.1, 0.15) is 32.4 Å². The van der Waals surface area contributed by atoms with Crippen LogP contribution in [0.2, 0.25) is 0 Å². The van der Waals surface area contributed by atoms with Crippen LogP contribution >= 0.6 is 11.8 Å². The van der Waals surface area contributed by atoms with Crippen molar-refractivity contribution in [3.8, 4) is 0 Å². The summed E-state index contributed by atoms with van der Waals surface area (Å²) in [7, 11) is 0. The number of hydrogen-bond donors (Lipinski definition) is 1. The molecule has 1 atom stereocenters. The molecule has 1 aromatic rings. The molecule has 0 aliphatic rings. The van der Waals surface area contributed by atoms with Crippen LogP contribution in [0.3, 0.4) is 0 Å². The minimum Gasteiger partial charge on any atom is -0.381 e. The van der Waals surface area contributed by atoms with Crippen LogP contribution in [-0.4, -0.2) is 25.5 Å². The SMILES string of the molecule is CCNC(C)c1cccc(SCCOCC)c1. The lowest BCUT2D eigenvalue weighted by Gasteiger charge is -2.13. The molecule has 0 radical (unpaired) electrons. The maximum absolute atomic E-state index is 5.34. The highest BCUT2D eigenvalue weighted by Crippen LogP contribution is 2.22. The van der Waals surface area contributed by atoms with Gasteiger partial charge in [-0.1, -0.05) is 19.1 Å². The number of nitrogens with one attached hydrogen (secondary N) is 1. The maximum atomic E-state index is 5.34. The highest BCUT2D eigenvalue weighted by atomic mass is 32.2. The summed E-state index contributed by atoms with van der Waals surface area (Å²) in [6.07, 6.45) is 0. The fourth-order valence-corrected chi connectivity index (χ4v) is 2.49. The van der Waals surface area contributed by atoms with Gasteiger partial charge in [0.05, 0.1) is 6.61 Å². The molecule has 0 aliphatic heterocycles. The molecule has 0 saturated carbocycles. The van der Waals surface area contributed by atoms with E-state index in [0.29, 0.717) is 6.04 Å². The molecular weight excluding hydrogens is 230 g/mol. The zero-order chi connectivity index (χ0) is 12.5. The summed E-state index contributed by atoms with van der Waals surface area (Å²) in [6.45, 7) is 9.00. The molecule has 2 nitrogen and oxygen atoms in total. The van der Waals surface area contributed by atoms with E-state index in [0.717, 1.165) is 25.5 Å². The van der Waals surface area contributed by atoms with Gasteiger partial charge in [0, 0.05) is 23.3 Å². The fraction of sp³-hybridized carbons (Fsp3) is 0.571. The molecule has 17 heavy (non-hydrogen) atoms. The van der Waals surface area contributed by atoms with Gasteiger partial charge >= 0.3 is 0 Å². The zero-order valence-corrected chi connectivity index (χ0v) is 11.8. The van der Waals surface area contributed by atoms with Crippen LogP contribution in [0.5, 0.6) is 0 Å². The van der Waals surface area contributed by atoms with Crippen LogP contribution in [0.4, 0.5) is 0 Å². The maximum Gasteiger partial charge on any atom is 0.0560 e. The Morgan fingerprint density at radius 2 is 2.18 bits per heavy atom. The highest BCUT2D eigenvalue weighted by Gasteiger charge is 2.04. The van der Waals surface area contributed by atoms with E-state index in [-0.39, 0.29) is 0 Å². The normalized spacial score (nSPS) is 12.6. The van der Waals surface area contributed by atoms with Gasteiger partial charge in [-0.15, -0.1) is 11.8 Å². The molecule has 1 aromatic carbocycles. The molecule has 3 heteroatoms. The van der Waals surface area contributed by atoms with Crippen molar-refractivity contribution in [3.05, 3.63) is 29.8 Å². The van der Waals surface area contributed by atoms with E-state index in [1.165, 1.54) is 10.5 Å². The average molecular weight is 253 g/mol. The number of benzene rings is 1. The molecular formula is C14H23NOS. The summed E-state index contributed by atoms with van der Waals surface area (Å²) < 4.78 is 5.34. The standard InChI is InChI=1S/C14H23NOS/c1-4-15-12(3)13-7-6-8-14(11-13)17-10-9-16-5-2/h6-8,11-12,15H,4-5,9-10H2,1-3H3. The second-order valence-corrected chi connectivity index (χ2v) is 5.07. The van der Waals surface area contributed by atoms with E-state index < -0.39 is 0 Å². The minimum atomic E-state index is 0.424. The van der Waals surface area contributed by atoms with E-state index in [9.17, 15) is 0 Å². The molecule has 0 spiro atoms. The minimum absolute atomic E-state index is 0.424. The fourth-order valence-electron chi connectivity index (χ4n) is 1.66. The van der Waals surface area contributed by atoms with Crippen LogP contribution in [0.15, 0.2) is 29.2 Å². The van der Waals surface area contributed by atoms with Gasteiger partial charge in [-0.25, -0.2) is 0 Å². The third-order valence-electron chi connectivity index (χ3n) is 2.57. The predicted molar refractivity (Wildman–Crippen MR) is 75.8 cm³/mol. The Hall–Kier alpha value is -0.510. The topological polar surface area (TPSA) is 21.3 Å². The summed E-state index contributed by atoms with van der Waals surface area (Å²) in [5, 5.41) is 3.43. The van der Waals surface area contributed by atoms with Gasteiger partial charge in [-0.2, -0.15) is 0 Å². The van der Waals surface area contributed by atoms with Crippen LogP contribution in [-0.2, 0) is 4.74 Å². The molecule has 96 valence electrons. The van der Waals surface area contributed by atoms with Crippen molar-refractivity contribution in [3.63, 3.8) is 0 Å². The second-order valence-electron chi connectivity index (χ2n) is 3.90. The van der Waals surface area contributed by atoms with Crippen molar-refractivity contribution >= 4 is 11.8 Å². The third-order valence-corrected chi connectivity index (χ3v) is 3.53. The Balaban J connectivity index is 2.47. The van der Waals surface area contributed by atoms with Crippen LogP contribution in [0, 0.1) is 0 Å². The lowest BCUT2D eigenvalue weighted by atomic mass is 10.1. The molecule has 0 saturated heterocycles. The summed E-state index contributed by atoms with van der Waals surface area (Å²) >= 11 is 1.86. The molecule has 0 aliphatic carbocycles. The summed E-state index contributed by atoms with van der Waals surface area (Å²) in [5.41, 5.74) is 1.35. The van der Waals surface area contributed by atoms with Crippen molar-refractivity contribution in [2.45, 2.75) is 31.7 Å². The average Bonchev–Trinajstić information content (AvgIpc) is 2.35. The summed E-state index contributed by atoms with van der Waals surface area (Å²) in [5.74, 6) is 1.02. The van der Waals surface area contributed by atoms with Crippen molar-refractivity contribution < 1.29 is 4.74 Å². The molecule has 0 fully saturated rings. The van der Waals surface area contributed by atoms with Crippen molar-refractivity contribution in [2.24, 2.45) is 0 Å². The van der Waals surface area contributed by atoms with Gasteiger partial charge in [0.1, 0.15) is 0 Å².